The van der Waals surface area contributed by atoms with E-state index in [-0.39, 0.29) is 0 Å². The van der Waals surface area contributed by atoms with Gasteiger partial charge in [-0.15, -0.1) is 11.3 Å². The Morgan fingerprint density at radius 3 is 2.74 bits per heavy atom. The van der Waals surface area contributed by atoms with Crippen molar-refractivity contribution in [1.29, 1.82) is 0 Å². The largest absolute Gasteiger partial charge is 0.368 e. The number of hydrogen-bond donors (Lipinski definition) is 1. The van der Waals surface area contributed by atoms with Crippen LogP contribution in [0.2, 0.25) is 10.0 Å². The maximum atomic E-state index is 6.74. The Morgan fingerprint density at radius 1 is 1.06 bits per heavy atom. The summed E-state index contributed by atoms with van der Waals surface area (Å²) in [4.78, 5) is 5.09. The number of thiophene rings is 1. The molecule has 31 heavy (non-hydrogen) atoms. The van der Waals surface area contributed by atoms with Gasteiger partial charge in [0.1, 0.15) is 0 Å². The summed E-state index contributed by atoms with van der Waals surface area (Å²) in [7, 11) is 0. The molecule has 0 spiro atoms. The Balaban J connectivity index is 1.18. The van der Waals surface area contributed by atoms with Crippen LogP contribution in [-0.2, 0) is 12.8 Å². The first kappa shape index (κ1) is 21.1. The van der Waals surface area contributed by atoms with Crippen molar-refractivity contribution in [2.24, 2.45) is 0 Å². The number of rotatable bonds is 5. The van der Waals surface area contributed by atoms with E-state index in [2.05, 4.69) is 57.4 Å². The van der Waals surface area contributed by atoms with Gasteiger partial charge in [0.15, 0.2) is 0 Å². The number of halogens is 2. The molecule has 1 saturated heterocycles. The van der Waals surface area contributed by atoms with E-state index in [0.717, 1.165) is 85.4 Å². The number of allylic oxidation sites excluding steroid dienone is 1. The predicted octanol–water partition coefficient (Wildman–Crippen LogP) is 6.83. The van der Waals surface area contributed by atoms with Gasteiger partial charge in [0.25, 0.3) is 0 Å². The molecule has 2 aliphatic heterocycles. The Morgan fingerprint density at radius 2 is 1.90 bits per heavy atom. The molecule has 0 amide bonds. The van der Waals surface area contributed by atoms with Crippen molar-refractivity contribution < 1.29 is 0 Å². The first-order valence-corrected chi connectivity index (χ1v) is 12.6. The molecule has 2 aliphatic rings. The highest BCUT2D eigenvalue weighted by Crippen LogP contribution is 2.39. The normalized spacial score (nSPS) is 17.1. The Kier molecular flexibility index (Phi) is 6.16. The van der Waals surface area contributed by atoms with Gasteiger partial charge >= 0.3 is 0 Å². The van der Waals surface area contributed by atoms with Crippen molar-refractivity contribution >= 4 is 56.0 Å². The second kappa shape index (κ2) is 9.03. The lowest BCUT2D eigenvalue weighted by Crippen LogP contribution is -2.46. The van der Waals surface area contributed by atoms with Crippen LogP contribution in [0.4, 0.5) is 11.4 Å². The minimum absolute atomic E-state index is 0.775. The summed E-state index contributed by atoms with van der Waals surface area (Å²) in [6, 6.07) is 11.0. The van der Waals surface area contributed by atoms with Gasteiger partial charge in [0.2, 0.25) is 0 Å². The number of fused-ring (bicyclic) bond motifs is 2. The van der Waals surface area contributed by atoms with E-state index >= 15 is 0 Å². The molecule has 0 radical (unpaired) electrons. The minimum Gasteiger partial charge on any atom is -0.368 e. The summed E-state index contributed by atoms with van der Waals surface area (Å²) in [5.41, 5.74) is 5.67. The van der Waals surface area contributed by atoms with Crippen LogP contribution in [0.3, 0.4) is 0 Å². The highest BCUT2D eigenvalue weighted by molar-refractivity contribution is 7.17. The van der Waals surface area contributed by atoms with Gasteiger partial charge in [-0.3, -0.25) is 4.90 Å². The SMILES string of the molecule is C=C1CCc2cc(Cl)c(CCCN3CCN(c4cccc5sccc45)CC3)c(Cl)c2N1. The van der Waals surface area contributed by atoms with Crippen molar-refractivity contribution in [2.75, 3.05) is 42.9 Å². The molecule has 6 heteroatoms. The Bertz CT molecular complexity index is 1120. The van der Waals surface area contributed by atoms with Crippen molar-refractivity contribution in [1.82, 2.24) is 4.90 Å². The molecular formula is C25H27Cl2N3S. The fourth-order valence-electron chi connectivity index (χ4n) is 4.74. The molecule has 1 aromatic heterocycles. The number of nitrogens with one attached hydrogen (secondary N) is 1. The second-order valence-electron chi connectivity index (χ2n) is 8.46. The fraction of sp³-hybridized carbons (Fsp3) is 0.360. The van der Waals surface area contributed by atoms with Crippen LogP contribution in [0.5, 0.6) is 0 Å². The van der Waals surface area contributed by atoms with E-state index in [1.165, 1.54) is 21.3 Å². The highest BCUT2D eigenvalue weighted by atomic mass is 35.5. The molecule has 162 valence electrons. The molecule has 0 aliphatic carbocycles. The van der Waals surface area contributed by atoms with Crippen molar-refractivity contribution in [3.8, 4) is 0 Å². The van der Waals surface area contributed by atoms with Crippen LogP contribution in [0.1, 0.15) is 24.0 Å². The molecule has 0 bridgehead atoms. The van der Waals surface area contributed by atoms with Gasteiger partial charge in [-0.2, -0.15) is 0 Å². The molecule has 0 atom stereocenters. The molecule has 3 nitrogen and oxygen atoms in total. The smallest absolute Gasteiger partial charge is 0.0690 e. The van der Waals surface area contributed by atoms with Crippen LogP contribution < -0.4 is 10.2 Å². The van der Waals surface area contributed by atoms with Gasteiger partial charge in [0, 0.05) is 52.7 Å². The summed E-state index contributed by atoms with van der Waals surface area (Å²) in [5, 5.41) is 8.51. The number of benzene rings is 2. The van der Waals surface area contributed by atoms with Crippen LogP contribution >= 0.6 is 34.5 Å². The van der Waals surface area contributed by atoms with E-state index in [1.54, 1.807) is 0 Å². The standard InChI is InChI=1S/C25H27Cl2N3S/c1-17-7-8-18-16-21(26)19(24(27)25(18)28-17)4-3-10-29-11-13-30(14-12-29)22-5-2-6-23-20(22)9-15-31-23/h2,5-6,9,15-16,28H,1,3-4,7-8,10-14H2. The topological polar surface area (TPSA) is 18.5 Å². The lowest BCUT2D eigenvalue weighted by atomic mass is 9.97. The number of aryl methyl sites for hydroxylation is 1. The molecule has 3 aromatic rings. The van der Waals surface area contributed by atoms with E-state index < -0.39 is 0 Å². The molecule has 1 fully saturated rings. The molecule has 3 heterocycles. The molecule has 5 rings (SSSR count). The van der Waals surface area contributed by atoms with Gasteiger partial charge in [-0.25, -0.2) is 0 Å². The maximum Gasteiger partial charge on any atom is 0.0690 e. The van der Waals surface area contributed by atoms with E-state index in [0.29, 0.717) is 0 Å². The second-order valence-corrected chi connectivity index (χ2v) is 10.2. The Labute approximate surface area is 198 Å². The zero-order valence-corrected chi connectivity index (χ0v) is 19.9. The van der Waals surface area contributed by atoms with Gasteiger partial charge in [-0.05, 0) is 73.0 Å². The third-order valence-corrected chi connectivity index (χ3v) is 8.12. The van der Waals surface area contributed by atoms with E-state index in [9.17, 15) is 0 Å². The van der Waals surface area contributed by atoms with Crippen molar-refractivity contribution in [2.45, 2.75) is 25.7 Å². The number of nitrogens with zero attached hydrogens (tertiary/aromatic N) is 2. The van der Waals surface area contributed by atoms with Crippen LogP contribution in [0.15, 0.2) is 48.0 Å². The first-order valence-electron chi connectivity index (χ1n) is 11.0. The minimum atomic E-state index is 0.775. The zero-order valence-electron chi connectivity index (χ0n) is 17.6. The van der Waals surface area contributed by atoms with Crippen molar-refractivity contribution in [3.63, 3.8) is 0 Å². The lowest BCUT2D eigenvalue weighted by molar-refractivity contribution is 0.255. The average Bonchev–Trinajstić information content (AvgIpc) is 3.26. The van der Waals surface area contributed by atoms with Gasteiger partial charge in [0.05, 0.1) is 10.7 Å². The highest BCUT2D eigenvalue weighted by Gasteiger charge is 2.21. The van der Waals surface area contributed by atoms with Gasteiger partial charge in [-0.1, -0.05) is 35.8 Å². The fourth-order valence-corrected chi connectivity index (χ4v) is 6.28. The first-order chi connectivity index (χ1) is 15.1. The quantitative estimate of drug-likeness (QED) is 0.439. The molecule has 0 unspecified atom stereocenters. The van der Waals surface area contributed by atoms with E-state index in [1.807, 2.05) is 11.3 Å². The molecule has 0 saturated carbocycles. The predicted molar refractivity (Wildman–Crippen MR) is 136 cm³/mol. The number of anilines is 2. The average molecular weight is 472 g/mol. The third-order valence-electron chi connectivity index (χ3n) is 6.48. The van der Waals surface area contributed by atoms with E-state index in [4.69, 9.17) is 23.2 Å². The molecule has 1 N–H and O–H groups in total. The van der Waals surface area contributed by atoms with Crippen molar-refractivity contribution in [3.05, 3.63) is 69.2 Å². The van der Waals surface area contributed by atoms with Crippen LogP contribution in [0.25, 0.3) is 10.1 Å². The lowest BCUT2D eigenvalue weighted by Gasteiger charge is -2.36. The number of hydrogen-bond acceptors (Lipinski definition) is 4. The van der Waals surface area contributed by atoms with Crippen LogP contribution in [-0.4, -0.2) is 37.6 Å². The summed E-state index contributed by atoms with van der Waals surface area (Å²) >= 11 is 15.2. The molecule has 2 aromatic carbocycles. The maximum absolute atomic E-state index is 6.74. The number of piperazine rings is 1. The van der Waals surface area contributed by atoms with Gasteiger partial charge < -0.3 is 10.2 Å². The summed E-state index contributed by atoms with van der Waals surface area (Å²) < 4.78 is 1.37. The Hall–Kier alpha value is -1.72. The monoisotopic (exact) mass is 471 g/mol. The zero-order chi connectivity index (χ0) is 21.4. The third kappa shape index (κ3) is 4.31. The van der Waals surface area contributed by atoms with Crippen LogP contribution in [0, 0.1) is 0 Å². The summed E-state index contributed by atoms with van der Waals surface area (Å²) in [6.07, 6.45) is 3.84. The summed E-state index contributed by atoms with van der Waals surface area (Å²) in [6.45, 7) is 9.45. The molecular weight excluding hydrogens is 445 g/mol. The summed E-state index contributed by atoms with van der Waals surface area (Å²) in [5.74, 6) is 0.